The zero-order chi connectivity index (χ0) is 13.7. The Balaban J connectivity index is 1.91. The summed E-state index contributed by atoms with van der Waals surface area (Å²) in [4.78, 5) is 6.92. The maximum atomic E-state index is 4.42. The van der Waals surface area contributed by atoms with Crippen LogP contribution in [0.3, 0.4) is 0 Å². The van der Waals surface area contributed by atoms with E-state index in [0.29, 0.717) is 12.0 Å². The fourth-order valence-corrected chi connectivity index (χ4v) is 2.69. The first-order chi connectivity index (χ1) is 9.19. The maximum absolute atomic E-state index is 4.42. The fraction of sp³-hybridized carbons (Fsp3) is 0.857. The van der Waals surface area contributed by atoms with Gasteiger partial charge in [0.05, 0.1) is 6.54 Å². The van der Waals surface area contributed by atoms with E-state index in [2.05, 4.69) is 45.8 Å². The molecular weight excluding hydrogens is 238 g/mol. The molecule has 0 aromatic carbocycles. The van der Waals surface area contributed by atoms with Gasteiger partial charge in [0.2, 0.25) is 0 Å². The SMILES string of the molecule is CCCC1CN(Cc2ncnn2CC(C)C)CCN1. The first-order valence-corrected chi connectivity index (χ1v) is 7.51. The van der Waals surface area contributed by atoms with Crippen LogP contribution in [0.15, 0.2) is 6.33 Å². The van der Waals surface area contributed by atoms with Crippen molar-refractivity contribution in [3.63, 3.8) is 0 Å². The molecule has 0 bridgehead atoms. The van der Waals surface area contributed by atoms with Crippen molar-refractivity contribution in [2.45, 2.75) is 52.7 Å². The summed E-state index contributed by atoms with van der Waals surface area (Å²) in [6.45, 7) is 11.9. The molecule has 5 heteroatoms. The molecule has 1 N–H and O–H groups in total. The summed E-state index contributed by atoms with van der Waals surface area (Å²) in [5, 5.41) is 7.93. The molecule has 1 aliphatic heterocycles. The van der Waals surface area contributed by atoms with E-state index in [-0.39, 0.29) is 0 Å². The monoisotopic (exact) mass is 265 g/mol. The Morgan fingerprint density at radius 3 is 3.05 bits per heavy atom. The third-order valence-corrected chi connectivity index (χ3v) is 3.58. The van der Waals surface area contributed by atoms with Gasteiger partial charge in [-0.25, -0.2) is 9.67 Å². The predicted octanol–water partition coefficient (Wildman–Crippen LogP) is 1.51. The van der Waals surface area contributed by atoms with Gasteiger partial charge in [-0.2, -0.15) is 5.10 Å². The average molecular weight is 265 g/mol. The van der Waals surface area contributed by atoms with Gasteiger partial charge in [-0.3, -0.25) is 4.90 Å². The minimum Gasteiger partial charge on any atom is -0.311 e. The van der Waals surface area contributed by atoms with E-state index in [0.717, 1.165) is 38.5 Å². The standard InChI is InChI=1S/C14H27N5/c1-4-5-13-9-18(7-6-15-13)10-14-16-11-17-19(14)8-12(2)3/h11-13,15H,4-10H2,1-3H3. The van der Waals surface area contributed by atoms with Gasteiger partial charge in [-0.1, -0.05) is 27.2 Å². The van der Waals surface area contributed by atoms with E-state index in [1.807, 2.05) is 0 Å². The molecule has 1 aliphatic rings. The molecule has 0 saturated carbocycles. The maximum Gasteiger partial charge on any atom is 0.141 e. The molecule has 0 radical (unpaired) electrons. The molecule has 1 aromatic rings. The lowest BCUT2D eigenvalue weighted by atomic mass is 10.1. The van der Waals surface area contributed by atoms with Gasteiger partial charge in [0.25, 0.3) is 0 Å². The van der Waals surface area contributed by atoms with E-state index in [1.54, 1.807) is 6.33 Å². The highest BCUT2D eigenvalue weighted by atomic mass is 15.4. The highest BCUT2D eigenvalue weighted by Crippen LogP contribution is 2.09. The molecule has 1 saturated heterocycles. The summed E-state index contributed by atoms with van der Waals surface area (Å²) < 4.78 is 2.06. The third kappa shape index (κ3) is 4.28. The van der Waals surface area contributed by atoms with Gasteiger partial charge in [0.15, 0.2) is 0 Å². The molecule has 0 amide bonds. The van der Waals surface area contributed by atoms with Crippen LogP contribution in [0.2, 0.25) is 0 Å². The van der Waals surface area contributed by atoms with Gasteiger partial charge >= 0.3 is 0 Å². The highest BCUT2D eigenvalue weighted by Gasteiger charge is 2.20. The number of rotatable bonds is 6. The first kappa shape index (κ1) is 14.5. The normalized spacial score (nSPS) is 21.2. The second kappa shape index (κ2) is 7.01. The molecule has 0 spiro atoms. The van der Waals surface area contributed by atoms with Crippen molar-refractivity contribution < 1.29 is 0 Å². The molecule has 1 aromatic heterocycles. The van der Waals surface area contributed by atoms with Crippen molar-refractivity contribution in [2.75, 3.05) is 19.6 Å². The average Bonchev–Trinajstić information content (AvgIpc) is 2.77. The van der Waals surface area contributed by atoms with Crippen LogP contribution in [0.1, 0.15) is 39.4 Å². The van der Waals surface area contributed by atoms with Crippen molar-refractivity contribution in [1.29, 1.82) is 0 Å². The molecule has 2 heterocycles. The Kier molecular flexibility index (Phi) is 5.34. The van der Waals surface area contributed by atoms with Crippen molar-refractivity contribution in [3.8, 4) is 0 Å². The molecule has 108 valence electrons. The summed E-state index contributed by atoms with van der Waals surface area (Å²) in [5.74, 6) is 1.71. The van der Waals surface area contributed by atoms with Crippen LogP contribution in [0.25, 0.3) is 0 Å². The van der Waals surface area contributed by atoms with Crippen LogP contribution in [-0.4, -0.2) is 45.3 Å². The Hall–Kier alpha value is -0.940. The van der Waals surface area contributed by atoms with Gasteiger partial charge in [-0.15, -0.1) is 0 Å². The van der Waals surface area contributed by atoms with Crippen molar-refractivity contribution in [3.05, 3.63) is 12.2 Å². The van der Waals surface area contributed by atoms with Crippen LogP contribution in [-0.2, 0) is 13.1 Å². The minimum atomic E-state index is 0.608. The van der Waals surface area contributed by atoms with E-state index >= 15 is 0 Å². The number of nitrogens with one attached hydrogen (secondary N) is 1. The minimum absolute atomic E-state index is 0.608. The Labute approximate surface area is 116 Å². The lowest BCUT2D eigenvalue weighted by Gasteiger charge is -2.33. The molecular formula is C14H27N5. The smallest absolute Gasteiger partial charge is 0.141 e. The van der Waals surface area contributed by atoms with E-state index < -0.39 is 0 Å². The largest absolute Gasteiger partial charge is 0.311 e. The number of piperazine rings is 1. The number of nitrogens with zero attached hydrogens (tertiary/aromatic N) is 4. The lowest BCUT2D eigenvalue weighted by molar-refractivity contribution is 0.179. The van der Waals surface area contributed by atoms with Gasteiger partial charge in [-0.05, 0) is 12.3 Å². The molecule has 1 unspecified atom stereocenters. The van der Waals surface area contributed by atoms with Gasteiger partial charge < -0.3 is 5.32 Å². The number of aromatic nitrogens is 3. The third-order valence-electron chi connectivity index (χ3n) is 3.58. The van der Waals surface area contributed by atoms with Crippen LogP contribution < -0.4 is 5.32 Å². The van der Waals surface area contributed by atoms with E-state index in [1.165, 1.54) is 12.8 Å². The second-order valence-corrected chi connectivity index (χ2v) is 5.93. The van der Waals surface area contributed by atoms with Gasteiger partial charge in [0, 0.05) is 32.2 Å². The zero-order valence-corrected chi connectivity index (χ0v) is 12.5. The highest BCUT2D eigenvalue weighted by molar-refractivity contribution is 4.88. The topological polar surface area (TPSA) is 46.0 Å². The first-order valence-electron chi connectivity index (χ1n) is 7.51. The van der Waals surface area contributed by atoms with E-state index in [9.17, 15) is 0 Å². The van der Waals surface area contributed by atoms with Gasteiger partial charge in [0.1, 0.15) is 12.2 Å². The van der Waals surface area contributed by atoms with Crippen LogP contribution in [0.4, 0.5) is 0 Å². The zero-order valence-electron chi connectivity index (χ0n) is 12.5. The summed E-state index contributed by atoms with van der Waals surface area (Å²) in [5.41, 5.74) is 0. The lowest BCUT2D eigenvalue weighted by Crippen LogP contribution is -2.50. The Bertz CT molecular complexity index is 372. The fourth-order valence-electron chi connectivity index (χ4n) is 2.69. The van der Waals surface area contributed by atoms with Crippen molar-refractivity contribution in [2.24, 2.45) is 5.92 Å². The van der Waals surface area contributed by atoms with Crippen LogP contribution in [0, 0.1) is 5.92 Å². The van der Waals surface area contributed by atoms with Crippen LogP contribution >= 0.6 is 0 Å². The summed E-state index contributed by atoms with van der Waals surface area (Å²) in [6.07, 6.45) is 4.19. The molecule has 0 aliphatic carbocycles. The molecule has 5 nitrogen and oxygen atoms in total. The Morgan fingerprint density at radius 2 is 2.32 bits per heavy atom. The molecule has 1 atom stereocenters. The predicted molar refractivity (Wildman–Crippen MR) is 76.8 cm³/mol. The second-order valence-electron chi connectivity index (χ2n) is 5.93. The van der Waals surface area contributed by atoms with Crippen molar-refractivity contribution >= 4 is 0 Å². The van der Waals surface area contributed by atoms with Crippen LogP contribution in [0.5, 0.6) is 0 Å². The number of hydrogen-bond acceptors (Lipinski definition) is 4. The summed E-state index contributed by atoms with van der Waals surface area (Å²) in [6, 6.07) is 0.639. The molecule has 2 rings (SSSR count). The van der Waals surface area contributed by atoms with E-state index in [4.69, 9.17) is 0 Å². The molecule has 19 heavy (non-hydrogen) atoms. The van der Waals surface area contributed by atoms with Crippen molar-refractivity contribution in [1.82, 2.24) is 25.0 Å². The summed E-state index contributed by atoms with van der Waals surface area (Å²) in [7, 11) is 0. The molecule has 1 fully saturated rings. The Morgan fingerprint density at radius 1 is 1.47 bits per heavy atom. The number of hydrogen-bond donors (Lipinski definition) is 1. The quantitative estimate of drug-likeness (QED) is 0.847. The summed E-state index contributed by atoms with van der Waals surface area (Å²) >= 11 is 0.